The van der Waals surface area contributed by atoms with E-state index in [1.54, 1.807) is 0 Å². The van der Waals surface area contributed by atoms with Crippen LogP contribution < -0.4 is 43.4 Å². The van der Waals surface area contributed by atoms with Crippen molar-refractivity contribution >= 4 is 47.3 Å². The molecule has 1 aromatic rings. The summed E-state index contributed by atoms with van der Waals surface area (Å²) in [5.41, 5.74) is 10.4. The molecule has 0 aliphatic rings. The molecule has 3 unspecified atom stereocenters. The summed E-state index contributed by atoms with van der Waals surface area (Å²) in [6.07, 6.45) is -0.0783. The maximum Gasteiger partial charge on any atom is 0.325 e. The van der Waals surface area contributed by atoms with Crippen LogP contribution in [0.25, 0.3) is 0 Å². The van der Waals surface area contributed by atoms with E-state index in [2.05, 4.69) is 37.1 Å². The van der Waals surface area contributed by atoms with Gasteiger partial charge in [-0.25, -0.2) is 0 Å². The zero-order chi connectivity index (χ0) is 31.1. The predicted molar refractivity (Wildman–Crippen MR) is 136 cm³/mol. The van der Waals surface area contributed by atoms with Crippen molar-refractivity contribution in [2.24, 2.45) is 11.5 Å². The van der Waals surface area contributed by atoms with Crippen LogP contribution in [0, 0.1) is 0 Å². The highest BCUT2D eigenvalue weighted by Crippen LogP contribution is 2.03. The Hall–Kier alpha value is -5.07. The van der Waals surface area contributed by atoms with Crippen LogP contribution in [-0.2, 0) is 40.1 Å². The van der Waals surface area contributed by atoms with Crippen molar-refractivity contribution in [3.05, 3.63) is 17.5 Å². The summed E-state index contributed by atoms with van der Waals surface area (Å²) in [5.74, 6) is -6.01. The number of carboxylic acids is 1. The van der Waals surface area contributed by atoms with Crippen LogP contribution in [0.2, 0.25) is 0 Å². The monoisotopic (exact) mass is 583 g/mol. The van der Waals surface area contributed by atoms with Gasteiger partial charge in [-0.15, -0.1) is 0 Å². The molecule has 41 heavy (non-hydrogen) atoms. The Morgan fingerprint density at radius 2 is 1.44 bits per heavy atom. The fraction of sp³-hybridized carbons (Fsp3) is 0.500. The number of carbonyl (C=O) groups excluding carboxylic acids is 7. The Labute approximate surface area is 232 Å². The van der Waals surface area contributed by atoms with Gasteiger partial charge < -0.3 is 53.0 Å². The highest BCUT2D eigenvalue weighted by molar-refractivity contribution is 5.95. The molecule has 7 amide bonds. The highest BCUT2D eigenvalue weighted by Gasteiger charge is 2.20. The van der Waals surface area contributed by atoms with Gasteiger partial charge in [0.1, 0.15) is 12.1 Å². The largest absolute Gasteiger partial charge is 0.480 e. The standard InChI is InChI=1S/C22H33N9O10/c1-10(29-18(35)9-27-20(37)13(23)3-4-15(24)32)19(36)26-6-12-5-14(31-41-12)21(38)28-7-16(33)25-8-17(34)30-11(2)22(39)40/h5,10-11,13H,3-4,6-9,23H2,1-2H3,(H2,24,32)(H,25,33)(H,26,36)(H,27,37)(H,28,38)(H,29,35)(H,30,34)(H,39,40). The van der Waals surface area contributed by atoms with Gasteiger partial charge in [-0.2, -0.15) is 0 Å². The lowest BCUT2D eigenvalue weighted by Crippen LogP contribution is -2.49. The third-order valence-corrected chi connectivity index (χ3v) is 5.06. The number of nitrogens with one attached hydrogen (secondary N) is 6. The molecule has 19 nitrogen and oxygen atoms in total. The average Bonchev–Trinajstić information content (AvgIpc) is 3.39. The molecule has 0 aliphatic heterocycles. The molecule has 226 valence electrons. The minimum absolute atomic E-state index is 0.0129. The summed E-state index contributed by atoms with van der Waals surface area (Å²) < 4.78 is 4.96. The number of hydrogen-bond acceptors (Lipinski definition) is 11. The molecule has 19 heteroatoms. The van der Waals surface area contributed by atoms with Crippen molar-refractivity contribution < 1.29 is 48.0 Å². The number of hydrogen-bond donors (Lipinski definition) is 9. The molecule has 0 fully saturated rings. The van der Waals surface area contributed by atoms with Crippen LogP contribution in [0.3, 0.4) is 0 Å². The summed E-state index contributed by atoms with van der Waals surface area (Å²) in [7, 11) is 0. The first-order chi connectivity index (χ1) is 19.2. The number of carboxylic acid groups (broad SMARTS) is 1. The van der Waals surface area contributed by atoms with Crippen molar-refractivity contribution in [1.29, 1.82) is 0 Å². The molecule has 11 N–H and O–H groups in total. The smallest absolute Gasteiger partial charge is 0.325 e. The Balaban J connectivity index is 2.37. The van der Waals surface area contributed by atoms with Crippen molar-refractivity contribution in [3.63, 3.8) is 0 Å². The quantitative estimate of drug-likeness (QED) is 0.0832. The summed E-state index contributed by atoms with van der Waals surface area (Å²) in [6, 6.07) is -1.98. The molecule has 0 saturated carbocycles. The molecule has 1 aromatic heterocycles. The molecule has 3 atom stereocenters. The fourth-order valence-electron chi connectivity index (χ4n) is 2.76. The number of primary amides is 1. The highest BCUT2D eigenvalue weighted by atomic mass is 16.5. The van der Waals surface area contributed by atoms with E-state index in [0.717, 1.165) is 0 Å². The first-order valence-corrected chi connectivity index (χ1v) is 12.1. The van der Waals surface area contributed by atoms with Gasteiger partial charge in [0.05, 0.1) is 32.2 Å². The van der Waals surface area contributed by atoms with Crippen LogP contribution in [0.4, 0.5) is 0 Å². The summed E-state index contributed by atoms with van der Waals surface area (Å²) >= 11 is 0. The van der Waals surface area contributed by atoms with E-state index < -0.39 is 85.1 Å². The third-order valence-electron chi connectivity index (χ3n) is 5.06. The van der Waals surface area contributed by atoms with Crippen LogP contribution in [-0.4, -0.2) is 95.3 Å². The number of rotatable bonds is 17. The first kappa shape index (κ1) is 34.0. The van der Waals surface area contributed by atoms with Crippen LogP contribution in [0.15, 0.2) is 10.6 Å². The lowest BCUT2D eigenvalue weighted by molar-refractivity contribution is -0.141. The van der Waals surface area contributed by atoms with E-state index in [1.165, 1.54) is 19.9 Å². The first-order valence-electron chi connectivity index (χ1n) is 12.1. The van der Waals surface area contributed by atoms with E-state index in [0.29, 0.717) is 0 Å². The van der Waals surface area contributed by atoms with Crippen molar-refractivity contribution in [2.75, 3.05) is 19.6 Å². The van der Waals surface area contributed by atoms with Crippen molar-refractivity contribution in [2.45, 2.75) is 51.4 Å². The molecule has 0 spiro atoms. The fourth-order valence-corrected chi connectivity index (χ4v) is 2.76. The van der Waals surface area contributed by atoms with E-state index in [1.807, 2.05) is 0 Å². The lowest BCUT2D eigenvalue weighted by atomic mass is 10.1. The average molecular weight is 584 g/mol. The number of aromatic nitrogens is 1. The van der Waals surface area contributed by atoms with Gasteiger partial charge in [0.2, 0.25) is 35.4 Å². The minimum atomic E-state index is -1.25. The maximum atomic E-state index is 12.2. The number of aliphatic carboxylic acids is 1. The Morgan fingerprint density at radius 1 is 0.854 bits per heavy atom. The normalized spacial score (nSPS) is 12.6. The van der Waals surface area contributed by atoms with Gasteiger partial charge in [0, 0.05) is 12.5 Å². The van der Waals surface area contributed by atoms with E-state index in [9.17, 15) is 38.4 Å². The van der Waals surface area contributed by atoms with Crippen LogP contribution in [0.1, 0.15) is 42.9 Å². The van der Waals surface area contributed by atoms with E-state index >= 15 is 0 Å². The number of nitrogens with two attached hydrogens (primary N) is 2. The van der Waals surface area contributed by atoms with Gasteiger partial charge in [-0.05, 0) is 20.3 Å². The van der Waals surface area contributed by atoms with Gasteiger partial charge >= 0.3 is 5.97 Å². The topological polar surface area (TPSA) is 307 Å². The van der Waals surface area contributed by atoms with Gasteiger partial charge in [0.25, 0.3) is 5.91 Å². The number of carbonyl (C=O) groups is 8. The van der Waals surface area contributed by atoms with E-state index in [-0.39, 0.29) is 30.8 Å². The molecular weight excluding hydrogens is 550 g/mol. The number of nitrogens with zero attached hydrogens (tertiary/aromatic N) is 1. The third kappa shape index (κ3) is 13.5. The second-order valence-electron chi connectivity index (χ2n) is 8.60. The maximum absolute atomic E-state index is 12.2. The molecule has 0 saturated heterocycles. The van der Waals surface area contributed by atoms with Gasteiger partial charge in [0.15, 0.2) is 11.5 Å². The molecule has 0 bridgehead atoms. The molecule has 1 heterocycles. The Morgan fingerprint density at radius 3 is 2.05 bits per heavy atom. The summed E-state index contributed by atoms with van der Waals surface area (Å²) in [4.78, 5) is 93.0. The van der Waals surface area contributed by atoms with E-state index in [4.69, 9.17) is 21.1 Å². The minimum Gasteiger partial charge on any atom is -0.480 e. The molecule has 0 aromatic carbocycles. The van der Waals surface area contributed by atoms with Crippen LogP contribution >= 0.6 is 0 Å². The second kappa shape index (κ2) is 16.8. The van der Waals surface area contributed by atoms with Crippen molar-refractivity contribution in [3.8, 4) is 0 Å². The molecule has 0 aliphatic carbocycles. The Kier molecular flexibility index (Phi) is 13.9. The zero-order valence-corrected chi connectivity index (χ0v) is 22.3. The molecular formula is C22H33N9O10. The van der Waals surface area contributed by atoms with Crippen molar-refractivity contribution in [1.82, 2.24) is 37.1 Å². The predicted octanol–water partition coefficient (Wildman–Crippen LogP) is -5.06. The van der Waals surface area contributed by atoms with Gasteiger partial charge in [-0.1, -0.05) is 5.16 Å². The summed E-state index contributed by atoms with van der Waals surface area (Å²) in [5, 5.41) is 25.9. The molecule has 1 rings (SSSR count). The second-order valence-corrected chi connectivity index (χ2v) is 8.60. The Bertz CT molecular complexity index is 1150. The number of amides is 7. The zero-order valence-electron chi connectivity index (χ0n) is 22.3. The molecule has 0 radical (unpaired) electrons. The van der Waals surface area contributed by atoms with Gasteiger partial charge in [-0.3, -0.25) is 38.4 Å². The SMILES string of the molecule is CC(NC(=O)CNC(=O)CNC(=O)c1cc(CNC(=O)C(C)NC(=O)CNC(=O)C(N)CCC(N)=O)on1)C(=O)O. The van der Waals surface area contributed by atoms with Crippen LogP contribution in [0.5, 0.6) is 0 Å². The summed E-state index contributed by atoms with van der Waals surface area (Å²) in [6.45, 7) is 0.954. The lowest BCUT2D eigenvalue weighted by Gasteiger charge is -2.15.